The third-order valence-electron chi connectivity index (χ3n) is 4.46. The van der Waals surface area contributed by atoms with Crippen molar-refractivity contribution in [2.75, 3.05) is 18.4 Å². The van der Waals surface area contributed by atoms with Gasteiger partial charge in [0.15, 0.2) is 0 Å². The van der Waals surface area contributed by atoms with Crippen molar-refractivity contribution < 1.29 is 9.59 Å². The molecule has 0 saturated carbocycles. The highest BCUT2D eigenvalue weighted by Crippen LogP contribution is 2.16. The van der Waals surface area contributed by atoms with Crippen molar-refractivity contribution in [1.82, 2.24) is 4.90 Å². The Balaban J connectivity index is 1.80. The molecule has 26 heavy (non-hydrogen) atoms. The van der Waals surface area contributed by atoms with Crippen LogP contribution in [0.4, 0.5) is 5.69 Å². The summed E-state index contributed by atoms with van der Waals surface area (Å²) in [4.78, 5) is 25.9. The van der Waals surface area contributed by atoms with Crippen molar-refractivity contribution in [2.24, 2.45) is 0 Å². The molecule has 0 aromatic heterocycles. The molecule has 0 spiro atoms. The van der Waals surface area contributed by atoms with Gasteiger partial charge in [0.2, 0.25) is 11.8 Å². The van der Waals surface area contributed by atoms with Crippen LogP contribution >= 0.6 is 0 Å². The highest BCUT2D eigenvalue weighted by Gasteiger charge is 2.12. The number of aryl methyl sites for hydroxylation is 3. The number of benzene rings is 2. The molecule has 2 aromatic carbocycles. The molecule has 2 rings (SSSR count). The van der Waals surface area contributed by atoms with Gasteiger partial charge >= 0.3 is 0 Å². The van der Waals surface area contributed by atoms with Gasteiger partial charge in [0.1, 0.15) is 0 Å². The largest absolute Gasteiger partial charge is 0.342 e. The number of hydrogen-bond donors (Lipinski definition) is 1. The number of carbonyl (C=O) groups is 2. The number of rotatable bonds is 8. The molecule has 0 aliphatic heterocycles. The minimum absolute atomic E-state index is 0.0117. The normalized spacial score (nSPS) is 10.4. The van der Waals surface area contributed by atoms with Crippen molar-refractivity contribution in [3.63, 3.8) is 0 Å². The van der Waals surface area contributed by atoms with E-state index in [-0.39, 0.29) is 11.8 Å². The van der Waals surface area contributed by atoms with Crippen molar-refractivity contribution >= 4 is 17.5 Å². The summed E-state index contributed by atoms with van der Waals surface area (Å²) in [6.07, 6.45) is 2.12. The maximum atomic E-state index is 12.2. The average Bonchev–Trinajstić information content (AvgIpc) is 2.61. The number of hydrogen-bond acceptors (Lipinski definition) is 2. The molecule has 0 atom stereocenters. The molecule has 0 radical (unpaired) electrons. The Morgan fingerprint density at radius 3 is 2.42 bits per heavy atom. The second-order valence-electron chi connectivity index (χ2n) is 6.71. The fourth-order valence-electron chi connectivity index (χ4n) is 2.87. The smallest absolute Gasteiger partial charge is 0.226 e. The zero-order chi connectivity index (χ0) is 18.9. The van der Waals surface area contributed by atoms with Crippen LogP contribution in [0.15, 0.2) is 48.5 Å². The molecule has 0 aliphatic carbocycles. The van der Waals surface area contributed by atoms with Gasteiger partial charge in [-0.2, -0.15) is 0 Å². The third kappa shape index (κ3) is 6.36. The van der Waals surface area contributed by atoms with E-state index >= 15 is 0 Å². The fraction of sp³-hybridized carbons (Fsp3) is 0.364. The summed E-state index contributed by atoms with van der Waals surface area (Å²) in [6.45, 7) is 6.65. The van der Waals surface area contributed by atoms with Crippen LogP contribution in [-0.2, 0) is 16.0 Å². The predicted molar refractivity (Wildman–Crippen MR) is 106 cm³/mol. The minimum atomic E-state index is -0.0620. The lowest BCUT2D eigenvalue weighted by atomic mass is 10.1. The molecule has 1 N–H and O–H groups in total. The average molecular weight is 352 g/mol. The SMILES string of the molecule is CC(=O)N(CCCc1ccccc1)CCC(=O)Nc1cc(C)ccc1C. The molecular weight excluding hydrogens is 324 g/mol. The van der Waals surface area contributed by atoms with Crippen LogP contribution in [0.25, 0.3) is 0 Å². The molecule has 4 nitrogen and oxygen atoms in total. The molecule has 0 heterocycles. The van der Waals surface area contributed by atoms with Gasteiger partial charge in [0.05, 0.1) is 0 Å². The van der Waals surface area contributed by atoms with Gasteiger partial charge in [0, 0.05) is 32.1 Å². The molecule has 0 bridgehead atoms. The van der Waals surface area contributed by atoms with E-state index < -0.39 is 0 Å². The molecule has 0 fully saturated rings. The van der Waals surface area contributed by atoms with Crippen molar-refractivity contribution in [2.45, 2.75) is 40.0 Å². The second kappa shape index (κ2) is 9.76. The van der Waals surface area contributed by atoms with E-state index in [1.165, 1.54) is 5.56 Å². The molecular formula is C22H28N2O2. The van der Waals surface area contributed by atoms with Crippen LogP contribution in [0, 0.1) is 13.8 Å². The zero-order valence-corrected chi connectivity index (χ0v) is 15.9. The number of carbonyl (C=O) groups excluding carboxylic acids is 2. The predicted octanol–water partition coefficient (Wildman–Crippen LogP) is 4.11. The molecule has 138 valence electrons. The maximum Gasteiger partial charge on any atom is 0.226 e. The van der Waals surface area contributed by atoms with Gasteiger partial charge in [-0.15, -0.1) is 0 Å². The monoisotopic (exact) mass is 352 g/mol. The van der Waals surface area contributed by atoms with Gasteiger partial charge in [-0.3, -0.25) is 9.59 Å². The number of nitrogens with one attached hydrogen (secondary N) is 1. The Labute approximate surface area is 156 Å². The minimum Gasteiger partial charge on any atom is -0.342 e. The molecule has 0 aliphatic rings. The Kier molecular flexibility index (Phi) is 7.39. The zero-order valence-electron chi connectivity index (χ0n) is 15.9. The van der Waals surface area contributed by atoms with Crippen LogP contribution in [-0.4, -0.2) is 29.8 Å². The number of anilines is 1. The lowest BCUT2D eigenvalue weighted by Gasteiger charge is -2.21. The summed E-state index contributed by atoms with van der Waals surface area (Å²) in [5, 5.41) is 2.95. The molecule has 4 heteroatoms. The topological polar surface area (TPSA) is 49.4 Å². The second-order valence-corrected chi connectivity index (χ2v) is 6.71. The first-order valence-electron chi connectivity index (χ1n) is 9.12. The lowest BCUT2D eigenvalue weighted by Crippen LogP contribution is -2.33. The van der Waals surface area contributed by atoms with Gasteiger partial charge in [-0.05, 0) is 49.4 Å². The first-order valence-corrected chi connectivity index (χ1v) is 9.12. The molecule has 2 amide bonds. The van der Waals surface area contributed by atoms with Crippen molar-refractivity contribution in [3.8, 4) is 0 Å². The van der Waals surface area contributed by atoms with Crippen molar-refractivity contribution in [1.29, 1.82) is 0 Å². The van der Waals surface area contributed by atoms with E-state index in [0.717, 1.165) is 29.7 Å². The van der Waals surface area contributed by atoms with Crippen LogP contribution in [0.2, 0.25) is 0 Å². The Hall–Kier alpha value is -2.62. The van der Waals surface area contributed by atoms with E-state index in [1.807, 2.05) is 50.2 Å². The number of amides is 2. The molecule has 0 saturated heterocycles. The lowest BCUT2D eigenvalue weighted by molar-refractivity contribution is -0.129. The van der Waals surface area contributed by atoms with E-state index in [4.69, 9.17) is 0 Å². The summed E-state index contributed by atoms with van der Waals surface area (Å²) < 4.78 is 0. The standard InChI is InChI=1S/C22H28N2O2/c1-17-11-12-18(2)21(16-17)23-22(26)13-15-24(19(3)25)14-7-10-20-8-5-4-6-9-20/h4-6,8-9,11-12,16H,7,10,13-15H2,1-3H3,(H,23,26). The highest BCUT2D eigenvalue weighted by atomic mass is 16.2. The summed E-state index contributed by atoms with van der Waals surface area (Å²) in [5.74, 6) is -0.0504. The van der Waals surface area contributed by atoms with Crippen molar-refractivity contribution in [3.05, 3.63) is 65.2 Å². The third-order valence-corrected chi connectivity index (χ3v) is 4.46. The highest BCUT2D eigenvalue weighted by molar-refractivity contribution is 5.92. The first-order chi connectivity index (χ1) is 12.5. The van der Waals surface area contributed by atoms with Crippen LogP contribution in [0.5, 0.6) is 0 Å². The van der Waals surface area contributed by atoms with Gasteiger partial charge in [-0.1, -0.05) is 42.5 Å². The maximum absolute atomic E-state index is 12.2. The summed E-state index contributed by atoms with van der Waals surface area (Å²) in [5.41, 5.74) is 4.25. The van der Waals surface area contributed by atoms with Crippen LogP contribution in [0.3, 0.4) is 0 Å². The Morgan fingerprint density at radius 1 is 1.00 bits per heavy atom. The van der Waals surface area contributed by atoms with E-state index in [2.05, 4.69) is 17.4 Å². The van der Waals surface area contributed by atoms with Crippen LogP contribution < -0.4 is 5.32 Å². The van der Waals surface area contributed by atoms with Gasteiger partial charge in [-0.25, -0.2) is 0 Å². The molecule has 2 aromatic rings. The quantitative estimate of drug-likeness (QED) is 0.777. The Bertz CT molecular complexity index is 741. The molecule has 0 unspecified atom stereocenters. The first kappa shape index (κ1) is 19.7. The van der Waals surface area contributed by atoms with E-state index in [9.17, 15) is 9.59 Å². The summed E-state index contributed by atoms with van der Waals surface area (Å²) >= 11 is 0. The fourth-order valence-corrected chi connectivity index (χ4v) is 2.87. The van der Waals surface area contributed by atoms with Crippen LogP contribution in [0.1, 0.15) is 36.5 Å². The Morgan fingerprint density at radius 2 is 1.73 bits per heavy atom. The van der Waals surface area contributed by atoms with E-state index in [0.29, 0.717) is 19.5 Å². The van der Waals surface area contributed by atoms with Gasteiger partial charge < -0.3 is 10.2 Å². The summed E-state index contributed by atoms with van der Waals surface area (Å²) in [6, 6.07) is 16.2. The van der Waals surface area contributed by atoms with E-state index in [1.54, 1.807) is 11.8 Å². The van der Waals surface area contributed by atoms with Gasteiger partial charge in [0.25, 0.3) is 0 Å². The number of nitrogens with zero attached hydrogens (tertiary/aromatic N) is 1. The summed E-state index contributed by atoms with van der Waals surface area (Å²) in [7, 11) is 0.